The van der Waals surface area contributed by atoms with Gasteiger partial charge in [0.2, 0.25) is 39.1 Å². The molecule has 0 heterocycles. The van der Waals surface area contributed by atoms with Gasteiger partial charge in [0.15, 0.2) is 19.7 Å². The maximum Gasteiger partial charge on any atom is 0.488 e. The first-order valence-corrected chi connectivity index (χ1v) is 49.7. The standard InChI is InChI=1S/C25H29NO4S2.C18H22BrNO2S.C14H14BrNO2S.C7H9BO4S.C7H8BrN.C7H7ClO2S.C4H9Br/c1-20(2)17-26(32(29,30)19-22-7-5-4-6-8-22)18-21-9-11-23(12-10-21)24-13-15-25(16-14-24)31(3,27)28;1-15(2)12-20(13-16-8-10-18(19)11-9-16)23(21,22)14-17-6-4-3-5-7-17;15-14-8-6-12(7-9-14)10-16-19(17,18)11-13-4-2-1-3-5-13;1-13(11,12)7-4-2-6(3-5-7)8(9)10;8-7-3-1-6(5-9)2-4-7;8-11(9,10)6-7-4-2-1-3-5-7;1-4(2)3-5/h4-16,20H,17-19H2,1-3H3;3-11,15H,12-14H2,1-2H3;1-9,16H,10-11H2;2-5,9-10H,1H3;1-4H,5,9H2;1-5H,6H2;4H,3H2,1-2H3. The Morgan fingerprint density at radius 1 is 0.384 bits per heavy atom. The summed E-state index contributed by atoms with van der Waals surface area (Å²) in [5.41, 5.74) is 14.6. The number of benzene rings is 10. The second-order valence-corrected chi connectivity index (χ2v) is 42.9. The Morgan fingerprint density at radius 2 is 0.670 bits per heavy atom. The largest absolute Gasteiger partial charge is 0.488 e. The number of hydrogen-bond donors (Lipinski definition) is 4. The predicted molar refractivity (Wildman–Crippen MR) is 473 cm³/mol. The SMILES string of the molecule is CC(C)CBr.CC(C)CN(Cc1ccc(-c2ccc(S(C)(=O)=O)cc2)cc1)S(=O)(=O)Cc1ccccc1.CC(C)CN(Cc1ccc(Br)cc1)S(=O)(=O)Cc1ccccc1.CS(=O)(=O)c1ccc(B(O)O)cc1.NCc1ccc(Br)cc1.O=S(=O)(Cc1ccccc1)NCc1ccc(Br)cc1.O=S(=O)(Cl)Cc1ccccc1. The Bertz CT molecular complexity index is 5110. The van der Waals surface area contributed by atoms with Gasteiger partial charge in [-0.05, 0) is 140 Å². The highest BCUT2D eigenvalue weighted by Crippen LogP contribution is 2.25. The summed E-state index contributed by atoms with van der Waals surface area (Å²) >= 11 is 13.4. The lowest BCUT2D eigenvalue weighted by Gasteiger charge is -2.24. The molecule has 112 heavy (non-hydrogen) atoms. The zero-order valence-electron chi connectivity index (χ0n) is 63.6. The van der Waals surface area contributed by atoms with Gasteiger partial charge >= 0.3 is 7.12 Å². The minimum Gasteiger partial charge on any atom is -0.423 e. The Balaban J connectivity index is 0.000000293. The van der Waals surface area contributed by atoms with E-state index in [1.807, 2.05) is 210 Å². The van der Waals surface area contributed by atoms with Gasteiger partial charge in [-0.3, -0.25) is 0 Å². The van der Waals surface area contributed by atoms with Gasteiger partial charge in [-0.2, -0.15) is 8.61 Å². The van der Waals surface area contributed by atoms with E-state index in [0.29, 0.717) is 44.8 Å². The molecule has 0 amide bonds. The molecule has 0 aromatic heterocycles. The second kappa shape index (κ2) is 49.1. The summed E-state index contributed by atoms with van der Waals surface area (Å²) in [7, 11) is -16.5. The van der Waals surface area contributed by atoms with Crippen molar-refractivity contribution in [2.24, 2.45) is 23.5 Å². The number of nitrogens with one attached hydrogen (secondary N) is 1. The quantitative estimate of drug-likeness (QED) is 0.0211. The van der Waals surface area contributed by atoms with Crippen molar-refractivity contribution in [2.75, 3.05) is 30.9 Å². The van der Waals surface area contributed by atoms with Crippen LogP contribution in [-0.2, 0) is 108 Å². The third kappa shape index (κ3) is 41.0. The summed E-state index contributed by atoms with van der Waals surface area (Å²) < 4.78 is 151. The van der Waals surface area contributed by atoms with Gasteiger partial charge in [-0.15, -0.1) is 0 Å². The van der Waals surface area contributed by atoms with Gasteiger partial charge in [-0.25, -0.2) is 55.2 Å². The predicted octanol–water partition coefficient (Wildman–Crippen LogP) is 16.7. The molecule has 18 nitrogen and oxygen atoms in total. The van der Waals surface area contributed by atoms with Crippen LogP contribution in [0.25, 0.3) is 11.1 Å². The summed E-state index contributed by atoms with van der Waals surface area (Å²) in [4.78, 5) is 0.447. The second-order valence-electron chi connectivity index (χ2n) is 26.9. The van der Waals surface area contributed by atoms with E-state index in [9.17, 15) is 50.5 Å². The number of alkyl halides is 1. The summed E-state index contributed by atoms with van der Waals surface area (Å²) in [6.07, 6.45) is 2.28. The van der Waals surface area contributed by atoms with Crippen molar-refractivity contribution in [2.45, 2.75) is 101 Å². The molecule has 0 atom stereocenters. The molecule has 10 rings (SSSR count). The van der Waals surface area contributed by atoms with Crippen molar-refractivity contribution < 1.29 is 60.6 Å². The molecule has 0 bridgehead atoms. The number of halogens is 5. The van der Waals surface area contributed by atoms with Crippen LogP contribution >= 0.6 is 74.4 Å². The van der Waals surface area contributed by atoms with Crippen molar-refractivity contribution in [3.05, 3.63) is 325 Å². The van der Waals surface area contributed by atoms with Crippen LogP contribution in [0.2, 0.25) is 0 Å². The van der Waals surface area contributed by atoms with Crippen LogP contribution in [0.5, 0.6) is 0 Å². The molecule has 5 N–H and O–H groups in total. The lowest BCUT2D eigenvalue weighted by Crippen LogP contribution is -2.34. The lowest BCUT2D eigenvalue weighted by molar-refractivity contribution is 0.361. The molecule has 604 valence electrons. The molecule has 10 aromatic carbocycles. The molecular formula is C82H98BBr4ClN4O14S6. The fourth-order valence-corrected chi connectivity index (χ4v) is 17.2. The maximum atomic E-state index is 13.1. The van der Waals surface area contributed by atoms with Gasteiger partial charge in [0.05, 0.1) is 32.8 Å². The van der Waals surface area contributed by atoms with E-state index in [2.05, 4.69) is 82.3 Å². The van der Waals surface area contributed by atoms with Gasteiger partial charge in [0.25, 0.3) is 0 Å². The normalized spacial score (nSPS) is 11.6. The Labute approximate surface area is 703 Å². The Kier molecular flexibility index (Phi) is 43.1. The van der Waals surface area contributed by atoms with Crippen LogP contribution in [-0.4, -0.2) is 107 Å². The molecule has 0 aliphatic carbocycles. The zero-order chi connectivity index (χ0) is 83.3. The minimum atomic E-state index is -3.47. The minimum absolute atomic E-state index is 0.00433. The van der Waals surface area contributed by atoms with E-state index in [0.717, 1.165) is 75.4 Å². The van der Waals surface area contributed by atoms with Gasteiger partial charge in [0.1, 0.15) is 0 Å². The first-order chi connectivity index (χ1) is 52.5. The highest BCUT2D eigenvalue weighted by molar-refractivity contribution is 9.11. The third-order valence-electron chi connectivity index (χ3n) is 15.4. The molecule has 0 aliphatic rings. The summed E-state index contributed by atoms with van der Waals surface area (Å²) in [5.74, 6) is 1.20. The van der Waals surface area contributed by atoms with E-state index >= 15 is 0 Å². The number of rotatable bonds is 27. The van der Waals surface area contributed by atoms with Crippen LogP contribution in [0.1, 0.15) is 86.1 Å². The highest BCUT2D eigenvalue weighted by Gasteiger charge is 2.26. The van der Waals surface area contributed by atoms with Crippen molar-refractivity contribution in [3.63, 3.8) is 0 Å². The molecule has 0 unspecified atom stereocenters. The molecule has 10 aromatic rings. The Morgan fingerprint density at radius 3 is 0.964 bits per heavy atom. The number of sulfone groups is 2. The monoisotopic (exact) mass is 1920 g/mol. The van der Waals surface area contributed by atoms with E-state index in [4.69, 9.17) is 26.5 Å². The molecular weight excluding hydrogens is 1820 g/mol. The zero-order valence-corrected chi connectivity index (χ0v) is 75.6. The van der Waals surface area contributed by atoms with Crippen molar-refractivity contribution in [3.8, 4) is 11.1 Å². The van der Waals surface area contributed by atoms with Gasteiger partial charge in [0, 0.05) is 81.2 Å². The fraction of sp³-hybridized carbons (Fsp3) is 0.268. The molecule has 30 heteroatoms. The lowest BCUT2D eigenvalue weighted by atomic mass is 9.81. The number of nitrogens with zero attached hydrogens (tertiary/aromatic N) is 2. The molecule has 0 aliphatic heterocycles. The van der Waals surface area contributed by atoms with Crippen LogP contribution in [0.3, 0.4) is 0 Å². The maximum absolute atomic E-state index is 13.1. The average molecular weight is 1920 g/mol. The number of nitrogens with two attached hydrogens (primary N) is 1. The van der Waals surface area contributed by atoms with Crippen molar-refractivity contribution in [1.29, 1.82) is 0 Å². The van der Waals surface area contributed by atoms with E-state index < -0.39 is 65.9 Å². The van der Waals surface area contributed by atoms with Crippen LogP contribution in [0, 0.1) is 17.8 Å². The van der Waals surface area contributed by atoms with Crippen LogP contribution in [0.15, 0.2) is 290 Å². The van der Waals surface area contributed by atoms with E-state index in [1.165, 1.54) is 36.1 Å². The van der Waals surface area contributed by atoms with Crippen molar-refractivity contribution in [1.82, 2.24) is 13.3 Å². The fourth-order valence-electron chi connectivity index (χ4n) is 9.74. The van der Waals surface area contributed by atoms with Crippen molar-refractivity contribution >= 4 is 146 Å². The van der Waals surface area contributed by atoms with E-state index in [-0.39, 0.29) is 50.1 Å². The molecule has 0 radical (unpaired) electrons. The van der Waals surface area contributed by atoms with Crippen LogP contribution < -0.4 is 15.9 Å². The topological polar surface area (TPSA) is 290 Å². The summed E-state index contributed by atoms with van der Waals surface area (Å²) in [6.45, 7) is 15.0. The summed E-state index contributed by atoms with van der Waals surface area (Å²) in [5, 5.41) is 18.6. The molecule has 0 fully saturated rings. The number of hydrogen-bond acceptors (Lipinski definition) is 15. The Hall–Kier alpha value is -6.07. The first kappa shape index (κ1) is 98.3. The molecule has 0 saturated carbocycles. The average Bonchev–Trinajstić information content (AvgIpc) is 0.827. The van der Waals surface area contributed by atoms with E-state index in [1.54, 1.807) is 69.3 Å². The van der Waals surface area contributed by atoms with Gasteiger partial charge in [-0.1, -0.05) is 312 Å². The molecule has 0 spiro atoms. The number of sulfonamides is 3. The summed E-state index contributed by atoms with van der Waals surface area (Å²) in [6, 6.07) is 79.7. The smallest absolute Gasteiger partial charge is 0.423 e. The van der Waals surface area contributed by atoms with Crippen LogP contribution in [0.4, 0.5) is 0 Å². The third-order valence-corrected chi connectivity index (χ3v) is 26.3. The molecule has 0 saturated heterocycles. The van der Waals surface area contributed by atoms with Gasteiger partial charge < -0.3 is 15.8 Å². The highest BCUT2D eigenvalue weighted by atomic mass is 79.9. The first-order valence-electron chi connectivity index (χ1n) is 35.1.